The molecule has 1 saturated heterocycles. The number of anilines is 1. The Morgan fingerprint density at radius 1 is 1.17 bits per heavy atom. The summed E-state index contributed by atoms with van der Waals surface area (Å²) in [5.74, 6) is -0.643. The van der Waals surface area contributed by atoms with Crippen LogP contribution in [0, 0.1) is 5.82 Å². The van der Waals surface area contributed by atoms with Crippen LogP contribution >= 0.6 is 12.2 Å². The maximum atomic E-state index is 12.9. The van der Waals surface area contributed by atoms with Gasteiger partial charge in [0.15, 0.2) is 5.11 Å². The van der Waals surface area contributed by atoms with Crippen molar-refractivity contribution in [3.05, 3.63) is 30.1 Å². The Morgan fingerprint density at radius 2 is 1.93 bits per heavy atom. The summed E-state index contributed by atoms with van der Waals surface area (Å²) in [5.41, 5.74) is 0.584. The number of thiocarbonyl (C=S) groups is 1. The van der Waals surface area contributed by atoms with Crippen LogP contribution in [0.1, 0.15) is 26.2 Å². The molecular formula is C20H29FN4O3S. The molecule has 2 rings (SSSR count). The van der Waals surface area contributed by atoms with E-state index in [4.69, 9.17) is 17.0 Å². The molecule has 0 aromatic heterocycles. The highest BCUT2D eigenvalue weighted by molar-refractivity contribution is 7.80. The lowest BCUT2D eigenvalue weighted by atomic mass is 10.3. The largest absolute Gasteiger partial charge is 0.466 e. The molecule has 0 aliphatic carbocycles. The number of carbonyl (C=O) groups excluding carboxylic acids is 2. The quantitative estimate of drug-likeness (QED) is 0.376. The molecule has 7 nitrogen and oxygen atoms in total. The third-order valence-corrected chi connectivity index (χ3v) is 4.91. The number of halogens is 1. The third-order valence-electron chi connectivity index (χ3n) is 4.51. The number of hydrogen-bond acceptors (Lipinski definition) is 5. The van der Waals surface area contributed by atoms with Crippen molar-refractivity contribution < 1.29 is 18.7 Å². The first-order valence-corrected chi connectivity index (χ1v) is 10.3. The first kappa shape index (κ1) is 23.0. The summed E-state index contributed by atoms with van der Waals surface area (Å²) < 4.78 is 17.8. The Hall–Kier alpha value is -2.26. The SMILES string of the molecule is CCOC(=O)CCCNC(=S)N1CCCN(CC(=O)Nc2ccc(F)cc2)CC1. The molecule has 0 unspecified atom stereocenters. The van der Waals surface area contributed by atoms with Gasteiger partial charge in [-0.05, 0) is 56.2 Å². The summed E-state index contributed by atoms with van der Waals surface area (Å²) in [6.07, 6.45) is 1.94. The van der Waals surface area contributed by atoms with Gasteiger partial charge in [0.25, 0.3) is 0 Å². The van der Waals surface area contributed by atoms with E-state index >= 15 is 0 Å². The molecule has 1 amide bonds. The van der Waals surface area contributed by atoms with Crippen LogP contribution in [0.15, 0.2) is 24.3 Å². The van der Waals surface area contributed by atoms with Gasteiger partial charge in [-0.2, -0.15) is 0 Å². The average Bonchev–Trinajstić information content (AvgIpc) is 2.93. The molecule has 1 aliphatic rings. The van der Waals surface area contributed by atoms with Crippen molar-refractivity contribution in [3.63, 3.8) is 0 Å². The fourth-order valence-electron chi connectivity index (χ4n) is 3.04. The molecule has 0 atom stereocenters. The van der Waals surface area contributed by atoms with E-state index in [2.05, 4.69) is 20.4 Å². The molecule has 160 valence electrons. The molecule has 0 saturated carbocycles. The number of ether oxygens (including phenoxy) is 1. The van der Waals surface area contributed by atoms with Gasteiger partial charge in [0.05, 0.1) is 13.2 Å². The van der Waals surface area contributed by atoms with Crippen molar-refractivity contribution in [3.8, 4) is 0 Å². The normalized spacial score (nSPS) is 14.8. The van der Waals surface area contributed by atoms with Crippen molar-refractivity contribution in [2.24, 2.45) is 0 Å². The Bertz CT molecular complexity index is 687. The van der Waals surface area contributed by atoms with Crippen LogP contribution in [-0.2, 0) is 14.3 Å². The second kappa shape index (κ2) is 12.3. The van der Waals surface area contributed by atoms with Crippen molar-refractivity contribution in [2.45, 2.75) is 26.2 Å². The van der Waals surface area contributed by atoms with E-state index in [0.29, 0.717) is 36.8 Å². The lowest BCUT2D eigenvalue weighted by molar-refractivity contribution is -0.143. The van der Waals surface area contributed by atoms with Gasteiger partial charge in [-0.25, -0.2) is 4.39 Å². The van der Waals surface area contributed by atoms with E-state index in [0.717, 1.165) is 32.6 Å². The van der Waals surface area contributed by atoms with Gasteiger partial charge >= 0.3 is 5.97 Å². The number of hydrogen-bond donors (Lipinski definition) is 2. The van der Waals surface area contributed by atoms with E-state index in [1.165, 1.54) is 12.1 Å². The van der Waals surface area contributed by atoms with Gasteiger partial charge in [-0.3, -0.25) is 14.5 Å². The van der Waals surface area contributed by atoms with Crippen LogP contribution in [-0.4, -0.2) is 72.7 Å². The number of carbonyl (C=O) groups is 2. The van der Waals surface area contributed by atoms with Gasteiger partial charge < -0.3 is 20.3 Å². The van der Waals surface area contributed by atoms with E-state index in [-0.39, 0.29) is 24.2 Å². The molecule has 9 heteroatoms. The summed E-state index contributed by atoms with van der Waals surface area (Å²) in [4.78, 5) is 27.8. The molecule has 2 N–H and O–H groups in total. The number of esters is 1. The molecular weight excluding hydrogens is 395 g/mol. The maximum absolute atomic E-state index is 12.9. The Morgan fingerprint density at radius 3 is 2.66 bits per heavy atom. The summed E-state index contributed by atoms with van der Waals surface area (Å²) in [7, 11) is 0. The highest BCUT2D eigenvalue weighted by Crippen LogP contribution is 2.09. The first-order valence-electron chi connectivity index (χ1n) is 9.94. The summed E-state index contributed by atoms with van der Waals surface area (Å²) >= 11 is 5.46. The monoisotopic (exact) mass is 424 g/mol. The molecule has 1 aromatic rings. The van der Waals surface area contributed by atoms with Crippen LogP contribution in [0.3, 0.4) is 0 Å². The minimum absolute atomic E-state index is 0.121. The van der Waals surface area contributed by atoms with Gasteiger partial charge in [0.2, 0.25) is 5.91 Å². The molecule has 1 aromatic carbocycles. The second-order valence-electron chi connectivity index (χ2n) is 6.81. The maximum Gasteiger partial charge on any atom is 0.305 e. The minimum atomic E-state index is -0.332. The van der Waals surface area contributed by atoms with Gasteiger partial charge in [-0.15, -0.1) is 0 Å². The fraction of sp³-hybridized carbons (Fsp3) is 0.550. The number of benzene rings is 1. The smallest absolute Gasteiger partial charge is 0.305 e. The number of rotatable bonds is 8. The Kier molecular flexibility index (Phi) is 9.79. The van der Waals surface area contributed by atoms with Crippen LogP contribution in [0.4, 0.5) is 10.1 Å². The van der Waals surface area contributed by atoms with E-state index < -0.39 is 0 Å². The highest BCUT2D eigenvalue weighted by Gasteiger charge is 2.18. The molecule has 0 radical (unpaired) electrons. The number of amides is 1. The Labute approximate surface area is 176 Å². The van der Waals surface area contributed by atoms with Crippen LogP contribution in [0.2, 0.25) is 0 Å². The average molecular weight is 425 g/mol. The lowest BCUT2D eigenvalue weighted by Gasteiger charge is -2.24. The minimum Gasteiger partial charge on any atom is -0.466 e. The number of nitrogens with one attached hydrogen (secondary N) is 2. The predicted octanol–water partition coefficient (Wildman–Crippen LogP) is 1.99. The molecule has 1 aliphatic heterocycles. The molecule has 1 heterocycles. The van der Waals surface area contributed by atoms with Crippen LogP contribution in [0.25, 0.3) is 0 Å². The van der Waals surface area contributed by atoms with Crippen LogP contribution in [0.5, 0.6) is 0 Å². The summed E-state index contributed by atoms with van der Waals surface area (Å²) in [6, 6.07) is 5.73. The lowest BCUT2D eigenvalue weighted by Crippen LogP contribution is -2.42. The van der Waals surface area contributed by atoms with Gasteiger partial charge in [-0.1, -0.05) is 0 Å². The molecule has 0 bridgehead atoms. The molecule has 0 spiro atoms. The van der Waals surface area contributed by atoms with Crippen molar-refractivity contribution in [1.29, 1.82) is 0 Å². The highest BCUT2D eigenvalue weighted by atomic mass is 32.1. The van der Waals surface area contributed by atoms with E-state index in [9.17, 15) is 14.0 Å². The van der Waals surface area contributed by atoms with Gasteiger partial charge in [0.1, 0.15) is 5.82 Å². The summed E-state index contributed by atoms with van der Waals surface area (Å²) in [5, 5.41) is 6.65. The zero-order chi connectivity index (χ0) is 21.1. The Balaban J connectivity index is 1.68. The zero-order valence-corrected chi connectivity index (χ0v) is 17.6. The van der Waals surface area contributed by atoms with Crippen molar-refractivity contribution >= 4 is 34.9 Å². The topological polar surface area (TPSA) is 73.9 Å². The fourth-order valence-corrected chi connectivity index (χ4v) is 3.33. The first-order chi connectivity index (χ1) is 14.0. The van der Waals surface area contributed by atoms with Gasteiger partial charge in [0, 0.05) is 44.8 Å². The van der Waals surface area contributed by atoms with E-state index in [1.807, 2.05) is 0 Å². The summed E-state index contributed by atoms with van der Waals surface area (Å²) in [6.45, 7) is 6.17. The van der Waals surface area contributed by atoms with E-state index in [1.54, 1.807) is 19.1 Å². The number of nitrogens with zero attached hydrogens (tertiary/aromatic N) is 2. The third kappa shape index (κ3) is 8.74. The molecule has 29 heavy (non-hydrogen) atoms. The molecule has 1 fully saturated rings. The zero-order valence-electron chi connectivity index (χ0n) is 16.8. The second-order valence-corrected chi connectivity index (χ2v) is 7.20. The predicted molar refractivity (Wildman–Crippen MR) is 114 cm³/mol. The van der Waals surface area contributed by atoms with Crippen molar-refractivity contribution in [2.75, 3.05) is 51.2 Å². The van der Waals surface area contributed by atoms with Crippen LogP contribution < -0.4 is 10.6 Å². The standard InChI is InChI=1S/C20H29FN4O3S/c1-2-28-19(27)5-3-10-22-20(29)25-12-4-11-24(13-14-25)15-18(26)23-17-8-6-16(21)7-9-17/h6-9H,2-5,10-15H2,1H3,(H,22,29)(H,23,26). The van der Waals surface area contributed by atoms with Crippen molar-refractivity contribution in [1.82, 2.24) is 15.1 Å².